The number of aromatic nitrogens is 2. The molecule has 0 amide bonds. The molecule has 2 saturated carbocycles. The van der Waals surface area contributed by atoms with Crippen molar-refractivity contribution >= 4 is 11.8 Å². The van der Waals surface area contributed by atoms with Crippen LogP contribution in [0.4, 0.5) is 11.8 Å². The van der Waals surface area contributed by atoms with E-state index in [4.69, 9.17) is 0 Å². The number of rotatable bonds is 8. The van der Waals surface area contributed by atoms with Crippen molar-refractivity contribution < 1.29 is 10.2 Å². The van der Waals surface area contributed by atoms with E-state index in [9.17, 15) is 10.2 Å². The zero-order chi connectivity index (χ0) is 14.9. The fraction of sp³-hybridized carbons (Fsp3) is 0.733. The van der Waals surface area contributed by atoms with Crippen LogP contribution in [0.5, 0.6) is 0 Å². The average Bonchev–Trinajstić information content (AvgIpc) is 3.41. The van der Waals surface area contributed by atoms with E-state index in [-0.39, 0.29) is 24.0 Å². The molecule has 0 saturated heterocycles. The zero-order valence-corrected chi connectivity index (χ0v) is 12.5. The number of aryl methyl sites for hydroxylation is 1. The minimum atomic E-state index is 0.0385. The van der Waals surface area contributed by atoms with Crippen LogP contribution in [0.15, 0.2) is 6.20 Å². The highest BCUT2D eigenvalue weighted by Gasteiger charge is 2.42. The fourth-order valence-corrected chi connectivity index (χ4v) is 2.38. The maximum Gasteiger partial charge on any atom is 0.224 e. The van der Waals surface area contributed by atoms with Crippen LogP contribution in [0.2, 0.25) is 0 Å². The lowest BCUT2D eigenvalue weighted by molar-refractivity contribution is 0.219. The van der Waals surface area contributed by atoms with E-state index in [2.05, 4.69) is 20.6 Å². The van der Waals surface area contributed by atoms with E-state index in [1.54, 1.807) is 6.20 Å². The molecule has 0 atom stereocenters. The van der Waals surface area contributed by atoms with Crippen LogP contribution in [-0.4, -0.2) is 46.5 Å². The summed E-state index contributed by atoms with van der Waals surface area (Å²) in [6.07, 6.45) is 6.07. The van der Waals surface area contributed by atoms with Crippen LogP contribution in [0, 0.1) is 17.8 Å². The predicted molar refractivity (Wildman–Crippen MR) is 81.3 cm³/mol. The summed E-state index contributed by atoms with van der Waals surface area (Å²) in [6, 6.07) is 0. The van der Waals surface area contributed by atoms with Crippen molar-refractivity contribution in [3.8, 4) is 0 Å². The van der Waals surface area contributed by atoms with Crippen molar-refractivity contribution in [2.75, 3.05) is 36.9 Å². The number of nitrogens with one attached hydrogen (secondary N) is 2. The molecule has 0 unspecified atom stereocenters. The molecule has 0 aliphatic heterocycles. The van der Waals surface area contributed by atoms with Crippen molar-refractivity contribution in [1.82, 2.24) is 9.97 Å². The zero-order valence-electron chi connectivity index (χ0n) is 12.5. The summed E-state index contributed by atoms with van der Waals surface area (Å²) >= 11 is 0. The molecule has 21 heavy (non-hydrogen) atoms. The summed E-state index contributed by atoms with van der Waals surface area (Å²) in [6.45, 7) is 3.89. The topological polar surface area (TPSA) is 90.3 Å². The normalized spacial score (nSPS) is 20.9. The van der Waals surface area contributed by atoms with E-state index in [0.29, 0.717) is 12.5 Å². The van der Waals surface area contributed by atoms with Crippen LogP contribution in [0.25, 0.3) is 0 Å². The lowest BCUT2D eigenvalue weighted by Crippen LogP contribution is -2.22. The third kappa shape index (κ3) is 3.27. The Morgan fingerprint density at radius 2 is 1.62 bits per heavy atom. The minimum absolute atomic E-state index is 0.0385. The van der Waals surface area contributed by atoms with Gasteiger partial charge in [0.25, 0.3) is 0 Å². The van der Waals surface area contributed by atoms with Gasteiger partial charge < -0.3 is 20.8 Å². The molecule has 0 bridgehead atoms. The summed E-state index contributed by atoms with van der Waals surface area (Å²) in [4.78, 5) is 8.80. The Bertz CT molecular complexity index is 512. The van der Waals surface area contributed by atoms with Gasteiger partial charge in [0, 0.05) is 35.7 Å². The summed E-state index contributed by atoms with van der Waals surface area (Å²) in [5, 5.41) is 25.2. The first kappa shape index (κ1) is 14.5. The van der Waals surface area contributed by atoms with Gasteiger partial charge in [0.15, 0.2) is 0 Å². The Morgan fingerprint density at radius 1 is 1.05 bits per heavy atom. The van der Waals surface area contributed by atoms with Crippen LogP contribution < -0.4 is 10.6 Å². The molecule has 4 N–H and O–H groups in total. The fourth-order valence-electron chi connectivity index (χ4n) is 2.38. The Labute approximate surface area is 125 Å². The molecule has 1 aromatic rings. The Kier molecular flexibility index (Phi) is 3.75. The van der Waals surface area contributed by atoms with Gasteiger partial charge >= 0.3 is 0 Å². The van der Waals surface area contributed by atoms with Crippen molar-refractivity contribution in [3.63, 3.8) is 0 Å². The number of anilines is 2. The highest BCUT2D eigenvalue weighted by atomic mass is 16.3. The monoisotopic (exact) mass is 292 g/mol. The first-order valence-corrected chi connectivity index (χ1v) is 7.64. The van der Waals surface area contributed by atoms with E-state index in [0.717, 1.165) is 43.6 Å². The molecule has 1 aromatic heterocycles. The second kappa shape index (κ2) is 5.42. The quantitative estimate of drug-likeness (QED) is 0.575. The van der Waals surface area contributed by atoms with Crippen molar-refractivity contribution in [2.45, 2.75) is 32.6 Å². The Hall–Kier alpha value is -1.40. The lowest BCUT2D eigenvalue weighted by Gasteiger charge is -2.16. The minimum Gasteiger partial charge on any atom is -0.396 e. The first-order valence-electron chi connectivity index (χ1n) is 7.64. The molecule has 2 fully saturated rings. The molecule has 6 nitrogen and oxygen atoms in total. The Balaban J connectivity index is 1.59. The second-order valence-electron chi connectivity index (χ2n) is 6.75. The van der Waals surface area contributed by atoms with Crippen LogP contribution in [0.3, 0.4) is 0 Å². The SMILES string of the molecule is Cc1cnc(NCC2(CO)CC2)nc1NCC1(CO)CC1. The van der Waals surface area contributed by atoms with Gasteiger partial charge in [-0.1, -0.05) is 0 Å². The average molecular weight is 292 g/mol. The van der Waals surface area contributed by atoms with Crippen LogP contribution >= 0.6 is 0 Å². The van der Waals surface area contributed by atoms with Gasteiger partial charge in [0.05, 0.1) is 13.2 Å². The number of hydrogen-bond donors (Lipinski definition) is 4. The molecule has 0 radical (unpaired) electrons. The molecule has 2 aliphatic carbocycles. The highest BCUT2D eigenvalue weighted by molar-refractivity contribution is 5.47. The first-order chi connectivity index (χ1) is 10.1. The third-order valence-corrected chi connectivity index (χ3v) is 4.81. The van der Waals surface area contributed by atoms with E-state index < -0.39 is 0 Å². The summed E-state index contributed by atoms with van der Waals surface area (Å²) in [5.74, 6) is 1.41. The molecule has 6 heteroatoms. The van der Waals surface area contributed by atoms with Gasteiger partial charge in [-0.05, 0) is 32.6 Å². The Morgan fingerprint density at radius 3 is 2.14 bits per heavy atom. The smallest absolute Gasteiger partial charge is 0.224 e. The molecule has 116 valence electrons. The number of aliphatic hydroxyl groups is 2. The summed E-state index contributed by atoms with van der Waals surface area (Å²) < 4.78 is 0. The standard InChI is InChI=1S/C15H24N4O2/c1-11-6-16-13(18-8-15(10-21)4-5-15)19-12(11)17-7-14(9-20)2-3-14/h6,20-21H,2-5,7-10H2,1H3,(H2,16,17,18,19). The maximum atomic E-state index is 9.36. The van der Waals surface area contributed by atoms with Gasteiger partial charge in [-0.3, -0.25) is 0 Å². The molecular weight excluding hydrogens is 268 g/mol. The summed E-state index contributed by atoms with van der Waals surface area (Å²) in [5.41, 5.74) is 1.09. The van der Waals surface area contributed by atoms with E-state index in [1.807, 2.05) is 6.92 Å². The van der Waals surface area contributed by atoms with Gasteiger partial charge in [0.1, 0.15) is 5.82 Å². The molecule has 0 spiro atoms. The second-order valence-corrected chi connectivity index (χ2v) is 6.75. The molecule has 1 heterocycles. The third-order valence-electron chi connectivity index (χ3n) is 4.81. The van der Waals surface area contributed by atoms with Gasteiger partial charge in [-0.2, -0.15) is 4.98 Å². The summed E-state index contributed by atoms with van der Waals surface area (Å²) in [7, 11) is 0. The van der Waals surface area contributed by atoms with Crippen LogP contribution in [0.1, 0.15) is 31.2 Å². The van der Waals surface area contributed by atoms with Crippen LogP contribution in [-0.2, 0) is 0 Å². The van der Waals surface area contributed by atoms with Gasteiger partial charge in [0.2, 0.25) is 5.95 Å². The number of aliphatic hydroxyl groups excluding tert-OH is 2. The number of nitrogens with zero attached hydrogens (tertiary/aromatic N) is 2. The van der Waals surface area contributed by atoms with Crippen molar-refractivity contribution in [1.29, 1.82) is 0 Å². The van der Waals surface area contributed by atoms with Gasteiger partial charge in [-0.25, -0.2) is 4.98 Å². The van der Waals surface area contributed by atoms with E-state index in [1.165, 1.54) is 0 Å². The van der Waals surface area contributed by atoms with Crippen molar-refractivity contribution in [2.24, 2.45) is 10.8 Å². The predicted octanol–water partition coefficient (Wildman–Crippen LogP) is 1.15. The van der Waals surface area contributed by atoms with Crippen molar-refractivity contribution in [3.05, 3.63) is 11.8 Å². The molecule has 2 aliphatic rings. The number of hydrogen-bond acceptors (Lipinski definition) is 6. The molecular formula is C15H24N4O2. The molecule has 0 aromatic carbocycles. The highest BCUT2D eigenvalue weighted by Crippen LogP contribution is 2.45. The maximum absolute atomic E-state index is 9.36. The lowest BCUT2D eigenvalue weighted by atomic mass is 10.1. The van der Waals surface area contributed by atoms with E-state index >= 15 is 0 Å². The molecule has 3 rings (SSSR count). The van der Waals surface area contributed by atoms with Gasteiger partial charge in [-0.15, -0.1) is 0 Å². The largest absolute Gasteiger partial charge is 0.396 e.